The maximum absolute atomic E-state index is 5.20. The number of hydrogen-bond acceptors (Lipinski definition) is 5. The highest BCUT2D eigenvalue weighted by Gasteiger charge is 2.08. The van der Waals surface area contributed by atoms with Gasteiger partial charge < -0.3 is 9.73 Å². The van der Waals surface area contributed by atoms with Crippen LogP contribution in [0.25, 0.3) is 0 Å². The van der Waals surface area contributed by atoms with Crippen LogP contribution in [0.2, 0.25) is 0 Å². The summed E-state index contributed by atoms with van der Waals surface area (Å²) in [6, 6.07) is 4.44. The number of aromatic nitrogens is 2. The Labute approximate surface area is 111 Å². The normalized spacial score (nSPS) is 12.6. The average molecular weight is 263 g/mol. The van der Waals surface area contributed by atoms with Crippen LogP contribution in [0, 0.1) is 0 Å². The molecule has 1 atom stereocenters. The van der Waals surface area contributed by atoms with E-state index in [1.807, 2.05) is 12.3 Å². The molecule has 0 bridgehead atoms. The number of pyridine rings is 1. The predicted molar refractivity (Wildman–Crippen MR) is 71.6 cm³/mol. The number of nitrogens with zero attached hydrogens (tertiary/aromatic N) is 2. The van der Waals surface area contributed by atoms with Gasteiger partial charge in [0.15, 0.2) is 0 Å². The van der Waals surface area contributed by atoms with Crippen LogP contribution in [0.4, 0.5) is 0 Å². The highest BCUT2D eigenvalue weighted by atomic mass is 32.2. The summed E-state index contributed by atoms with van der Waals surface area (Å²) in [6.45, 7) is 5.34. The maximum atomic E-state index is 5.20. The zero-order chi connectivity index (χ0) is 12.8. The van der Waals surface area contributed by atoms with Crippen molar-refractivity contribution in [1.29, 1.82) is 0 Å². The first-order valence-electron chi connectivity index (χ1n) is 6.06. The molecule has 1 N–H and O–H groups in total. The minimum atomic E-state index is 0.330. The first kappa shape index (κ1) is 13.1. The SMILES string of the molecule is CCCNC(C)c1ccnc(Sc2ncco2)c1. The lowest BCUT2D eigenvalue weighted by Gasteiger charge is -2.13. The number of nitrogens with one attached hydrogen (secondary N) is 1. The fourth-order valence-corrected chi connectivity index (χ4v) is 2.28. The summed E-state index contributed by atoms with van der Waals surface area (Å²) in [6.07, 6.45) is 6.16. The molecule has 0 aliphatic rings. The van der Waals surface area contributed by atoms with E-state index < -0.39 is 0 Å². The maximum Gasteiger partial charge on any atom is 0.261 e. The standard InChI is InChI=1S/C13H17N3OS/c1-3-5-14-10(2)11-4-6-15-12(9-11)18-13-16-7-8-17-13/h4,6-10,14H,3,5H2,1-2H3. The summed E-state index contributed by atoms with van der Waals surface area (Å²) < 4.78 is 5.20. The quantitative estimate of drug-likeness (QED) is 0.866. The summed E-state index contributed by atoms with van der Waals surface area (Å²) in [7, 11) is 0. The van der Waals surface area contributed by atoms with E-state index in [1.165, 1.54) is 17.3 Å². The molecule has 0 radical (unpaired) electrons. The van der Waals surface area contributed by atoms with E-state index in [0.29, 0.717) is 11.3 Å². The van der Waals surface area contributed by atoms with Gasteiger partial charge in [0.25, 0.3) is 5.22 Å². The van der Waals surface area contributed by atoms with Crippen molar-refractivity contribution in [2.75, 3.05) is 6.54 Å². The van der Waals surface area contributed by atoms with E-state index in [1.54, 1.807) is 12.5 Å². The van der Waals surface area contributed by atoms with E-state index in [4.69, 9.17) is 4.42 Å². The Morgan fingerprint density at radius 3 is 3.00 bits per heavy atom. The van der Waals surface area contributed by atoms with Gasteiger partial charge in [-0.3, -0.25) is 0 Å². The molecule has 0 aliphatic heterocycles. The molecule has 0 amide bonds. The van der Waals surface area contributed by atoms with Gasteiger partial charge in [-0.2, -0.15) is 0 Å². The lowest BCUT2D eigenvalue weighted by molar-refractivity contribution is 0.454. The Balaban J connectivity index is 2.05. The summed E-state index contributed by atoms with van der Waals surface area (Å²) in [5.74, 6) is 0. The van der Waals surface area contributed by atoms with Crippen LogP contribution in [-0.2, 0) is 0 Å². The largest absolute Gasteiger partial charge is 0.440 e. The highest BCUT2D eigenvalue weighted by Crippen LogP contribution is 2.26. The fraction of sp³-hybridized carbons (Fsp3) is 0.385. The second-order valence-corrected chi connectivity index (χ2v) is 4.97. The zero-order valence-electron chi connectivity index (χ0n) is 10.6. The van der Waals surface area contributed by atoms with Crippen LogP contribution in [0.3, 0.4) is 0 Å². The number of oxazole rings is 1. The van der Waals surface area contributed by atoms with Crippen LogP contribution in [0.15, 0.2) is 45.5 Å². The molecule has 96 valence electrons. The van der Waals surface area contributed by atoms with E-state index in [9.17, 15) is 0 Å². The van der Waals surface area contributed by atoms with Crippen LogP contribution in [-0.4, -0.2) is 16.5 Å². The number of hydrogen-bond donors (Lipinski definition) is 1. The minimum Gasteiger partial charge on any atom is -0.440 e. The van der Waals surface area contributed by atoms with Crippen molar-refractivity contribution in [3.05, 3.63) is 36.4 Å². The van der Waals surface area contributed by atoms with Gasteiger partial charge in [-0.15, -0.1) is 0 Å². The first-order chi connectivity index (χ1) is 8.79. The molecule has 1 unspecified atom stereocenters. The third kappa shape index (κ3) is 3.58. The van der Waals surface area contributed by atoms with Gasteiger partial charge in [-0.25, -0.2) is 9.97 Å². The average Bonchev–Trinajstić information content (AvgIpc) is 2.89. The van der Waals surface area contributed by atoms with E-state index >= 15 is 0 Å². The summed E-state index contributed by atoms with van der Waals surface area (Å²) in [5, 5.41) is 4.98. The molecule has 2 aromatic rings. The van der Waals surface area contributed by atoms with Gasteiger partial charge in [0.2, 0.25) is 0 Å². The molecule has 0 fully saturated rings. The molecule has 2 heterocycles. The van der Waals surface area contributed by atoms with Crippen molar-refractivity contribution >= 4 is 11.8 Å². The molecule has 2 aromatic heterocycles. The van der Waals surface area contributed by atoms with Crippen molar-refractivity contribution in [2.24, 2.45) is 0 Å². The van der Waals surface area contributed by atoms with Crippen LogP contribution < -0.4 is 5.32 Å². The van der Waals surface area contributed by atoms with Crippen molar-refractivity contribution in [2.45, 2.75) is 36.6 Å². The Morgan fingerprint density at radius 1 is 1.39 bits per heavy atom. The molecule has 0 saturated heterocycles. The lowest BCUT2D eigenvalue weighted by atomic mass is 10.1. The van der Waals surface area contributed by atoms with Crippen molar-refractivity contribution in [3.8, 4) is 0 Å². The Bertz CT molecular complexity index is 473. The summed E-state index contributed by atoms with van der Waals surface area (Å²) in [4.78, 5) is 8.39. The van der Waals surface area contributed by atoms with Gasteiger partial charge >= 0.3 is 0 Å². The second-order valence-electron chi connectivity index (χ2n) is 4.00. The number of rotatable bonds is 6. The predicted octanol–water partition coefficient (Wildman–Crippen LogP) is 3.28. The molecular formula is C13H17N3OS. The molecule has 0 aliphatic carbocycles. The van der Waals surface area contributed by atoms with Crippen molar-refractivity contribution < 1.29 is 4.42 Å². The summed E-state index contributed by atoms with van der Waals surface area (Å²) in [5.41, 5.74) is 1.23. The van der Waals surface area contributed by atoms with Gasteiger partial charge in [-0.05, 0) is 49.3 Å². The van der Waals surface area contributed by atoms with Gasteiger partial charge in [0.1, 0.15) is 11.3 Å². The lowest BCUT2D eigenvalue weighted by Crippen LogP contribution is -2.19. The highest BCUT2D eigenvalue weighted by molar-refractivity contribution is 7.99. The van der Waals surface area contributed by atoms with Crippen molar-refractivity contribution in [3.63, 3.8) is 0 Å². The third-order valence-electron chi connectivity index (χ3n) is 2.56. The van der Waals surface area contributed by atoms with Gasteiger partial charge in [0, 0.05) is 12.2 Å². The first-order valence-corrected chi connectivity index (χ1v) is 6.88. The molecule has 4 nitrogen and oxygen atoms in total. The van der Waals surface area contributed by atoms with E-state index in [-0.39, 0.29) is 0 Å². The fourth-order valence-electron chi connectivity index (χ4n) is 1.58. The van der Waals surface area contributed by atoms with Crippen LogP contribution in [0.5, 0.6) is 0 Å². The summed E-state index contributed by atoms with van der Waals surface area (Å²) >= 11 is 1.43. The van der Waals surface area contributed by atoms with Crippen LogP contribution >= 0.6 is 11.8 Å². The Hall–Kier alpha value is -1.33. The third-order valence-corrected chi connectivity index (χ3v) is 3.37. The van der Waals surface area contributed by atoms with Gasteiger partial charge in [0.05, 0.1) is 6.20 Å². The Kier molecular flexibility index (Phi) is 4.78. The molecular weight excluding hydrogens is 246 g/mol. The zero-order valence-corrected chi connectivity index (χ0v) is 11.4. The monoisotopic (exact) mass is 263 g/mol. The second kappa shape index (κ2) is 6.56. The van der Waals surface area contributed by atoms with E-state index in [0.717, 1.165) is 18.0 Å². The van der Waals surface area contributed by atoms with Gasteiger partial charge in [-0.1, -0.05) is 6.92 Å². The topological polar surface area (TPSA) is 51.0 Å². The van der Waals surface area contributed by atoms with E-state index in [2.05, 4.69) is 35.2 Å². The van der Waals surface area contributed by atoms with Crippen LogP contribution in [0.1, 0.15) is 31.9 Å². The minimum absolute atomic E-state index is 0.330. The molecule has 2 rings (SSSR count). The smallest absolute Gasteiger partial charge is 0.261 e. The Morgan fingerprint density at radius 2 is 2.28 bits per heavy atom. The van der Waals surface area contributed by atoms with Crippen molar-refractivity contribution in [1.82, 2.24) is 15.3 Å². The molecule has 0 saturated carbocycles. The molecule has 0 spiro atoms. The molecule has 0 aromatic carbocycles. The molecule has 5 heteroatoms. The molecule has 18 heavy (non-hydrogen) atoms.